The lowest BCUT2D eigenvalue weighted by atomic mass is 10.0. The zero-order valence-corrected chi connectivity index (χ0v) is 18.6. The molecule has 2 aliphatic heterocycles. The fourth-order valence-electron chi connectivity index (χ4n) is 4.21. The average Bonchev–Trinajstić information content (AvgIpc) is 3.02. The Morgan fingerprint density at radius 1 is 0.968 bits per heavy atom. The molecule has 1 fully saturated rings. The number of rotatable bonds is 3. The third-order valence-electron chi connectivity index (χ3n) is 5.86. The molecule has 160 valence electrons. The number of benzene rings is 2. The van der Waals surface area contributed by atoms with Gasteiger partial charge in [0, 0.05) is 23.7 Å². The predicted octanol–water partition coefficient (Wildman–Crippen LogP) is 4.76. The number of nitrogens with zero attached hydrogens (tertiary/aromatic N) is 4. The van der Waals surface area contributed by atoms with Crippen LogP contribution in [-0.2, 0) is 4.79 Å². The van der Waals surface area contributed by atoms with Crippen molar-refractivity contribution in [2.24, 2.45) is 0 Å². The Morgan fingerprint density at radius 2 is 1.68 bits per heavy atom. The molecule has 1 N–H and O–H groups in total. The molecular weight excluding hydrogens is 430 g/mol. The van der Waals surface area contributed by atoms with Crippen LogP contribution in [0.4, 0.5) is 0 Å². The maximum absolute atomic E-state index is 13.6. The summed E-state index contributed by atoms with van der Waals surface area (Å²) < 4.78 is 1.91. The highest BCUT2D eigenvalue weighted by Crippen LogP contribution is 2.39. The Labute approximate surface area is 191 Å². The summed E-state index contributed by atoms with van der Waals surface area (Å²) >= 11 is 7.62. The molecule has 2 atom stereocenters. The van der Waals surface area contributed by atoms with Crippen LogP contribution < -0.4 is 5.43 Å². The number of carbonyl (C=O) groups excluding carboxylic acids is 1. The second-order valence-corrected chi connectivity index (χ2v) is 9.49. The third-order valence-corrected chi connectivity index (χ3v) is 7.31. The normalized spacial score (nSPS) is 21.1. The van der Waals surface area contributed by atoms with Crippen molar-refractivity contribution in [3.8, 4) is 11.4 Å². The largest absolute Gasteiger partial charge is 0.342 e. The molecule has 1 amide bonds. The maximum atomic E-state index is 13.6. The van der Waals surface area contributed by atoms with E-state index in [0.717, 1.165) is 42.9 Å². The molecule has 0 radical (unpaired) electrons. The lowest BCUT2D eigenvalue weighted by Gasteiger charge is -2.35. The highest BCUT2D eigenvalue weighted by molar-refractivity contribution is 8.00. The number of nitrogens with one attached hydrogen (secondary N) is 1. The molecule has 0 spiro atoms. The highest BCUT2D eigenvalue weighted by Gasteiger charge is 2.40. The maximum Gasteiger partial charge on any atom is 0.238 e. The number of thioether (sulfide) groups is 1. The van der Waals surface area contributed by atoms with Crippen molar-refractivity contribution < 1.29 is 4.79 Å². The quantitative estimate of drug-likeness (QED) is 0.619. The van der Waals surface area contributed by atoms with Crippen molar-refractivity contribution in [2.75, 3.05) is 18.5 Å². The molecule has 3 heterocycles. The van der Waals surface area contributed by atoms with Gasteiger partial charge in [-0.1, -0.05) is 78.7 Å². The average molecular weight is 454 g/mol. The molecule has 6 nitrogen and oxygen atoms in total. The number of aromatic nitrogens is 3. The van der Waals surface area contributed by atoms with Crippen LogP contribution in [0.1, 0.15) is 37.3 Å². The molecule has 0 unspecified atom stereocenters. The van der Waals surface area contributed by atoms with Crippen LogP contribution in [0.3, 0.4) is 0 Å². The van der Waals surface area contributed by atoms with Gasteiger partial charge in [0.25, 0.3) is 0 Å². The van der Waals surface area contributed by atoms with Gasteiger partial charge in [-0.2, -0.15) is 0 Å². The number of hydrogen-bond acceptors (Lipinski definition) is 5. The Morgan fingerprint density at radius 3 is 2.39 bits per heavy atom. The fraction of sp³-hybridized carbons (Fsp3) is 0.348. The van der Waals surface area contributed by atoms with E-state index >= 15 is 0 Å². The molecule has 8 heteroatoms. The Bertz CT molecular complexity index is 1050. The summed E-state index contributed by atoms with van der Waals surface area (Å²) in [6.07, 6.45) is 4.51. The number of hydrogen-bond donors (Lipinski definition) is 1. The van der Waals surface area contributed by atoms with Gasteiger partial charge in [-0.05, 0) is 30.5 Å². The van der Waals surface area contributed by atoms with Gasteiger partial charge >= 0.3 is 0 Å². The molecule has 0 aliphatic carbocycles. The lowest BCUT2D eigenvalue weighted by Crippen LogP contribution is -2.46. The van der Waals surface area contributed by atoms with E-state index in [9.17, 15) is 4.79 Å². The van der Waals surface area contributed by atoms with E-state index in [1.54, 1.807) is 0 Å². The van der Waals surface area contributed by atoms with E-state index in [0.29, 0.717) is 10.2 Å². The molecule has 2 aliphatic rings. The fourth-order valence-corrected chi connectivity index (χ4v) is 5.50. The summed E-state index contributed by atoms with van der Waals surface area (Å²) in [5.74, 6) is 0.901. The topological polar surface area (TPSA) is 63.1 Å². The standard InChI is InChI=1S/C23H24ClN5OS/c24-18-12-10-16(11-13-18)19-20(22(30)28-14-6-1-2-7-15-28)31-23-26-25-21(29(23)27-19)17-8-4-3-5-9-17/h3-5,8-13,19-20,27H,1-2,6-7,14-15H2/t19-,20+/m1/s1. The van der Waals surface area contributed by atoms with Crippen molar-refractivity contribution in [3.63, 3.8) is 0 Å². The summed E-state index contributed by atoms with van der Waals surface area (Å²) in [6.45, 7) is 1.65. The molecule has 0 saturated carbocycles. The first-order valence-corrected chi connectivity index (χ1v) is 11.9. The van der Waals surface area contributed by atoms with Crippen LogP contribution in [0, 0.1) is 0 Å². The second kappa shape index (κ2) is 8.93. The summed E-state index contributed by atoms with van der Waals surface area (Å²) in [5.41, 5.74) is 5.54. The number of likely N-dealkylation sites (tertiary alicyclic amines) is 1. The van der Waals surface area contributed by atoms with Crippen LogP contribution in [0.5, 0.6) is 0 Å². The van der Waals surface area contributed by atoms with Gasteiger partial charge in [0.05, 0.1) is 6.04 Å². The summed E-state index contributed by atoms with van der Waals surface area (Å²) in [5, 5.41) is 9.87. The first kappa shape index (κ1) is 20.4. The minimum Gasteiger partial charge on any atom is -0.342 e. The number of amides is 1. The highest BCUT2D eigenvalue weighted by atomic mass is 35.5. The van der Waals surface area contributed by atoms with Gasteiger partial charge in [0.2, 0.25) is 11.1 Å². The van der Waals surface area contributed by atoms with Gasteiger partial charge in [0.1, 0.15) is 5.25 Å². The molecular formula is C23H24ClN5OS. The van der Waals surface area contributed by atoms with Crippen molar-refractivity contribution in [3.05, 3.63) is 65.2 Å². The number of carbonyl (C=O) groups is 1. The minimum atomic E-state index is -0.320. The number of halogens is 1. The zero-order chi connectivity index (χ0) is 21.2. The van der Waals surface area contributed by atoms with Crippen molar-refractivity contribution >= 4 is 29.3 Å². The first-order chi connectivity index (χ1) is 15.2. The van der Waals surface area contributed by atoms with E-state index in [1.807, 2.05) is 64.2 Å². The van der Waals surface area contributed by atoms with Crippen LogP contribution >= 0.6 is 23.4 Å². The van der Waals surface area contributed by atoms with Crippen LogP contribution in [0.15, 0.2) is 59.8 Å². The predicted molar refractivity (Wildman–Crippen MR) is 124 cm³/mol. The molecule has 1 saturated heterocycles. The van der Waals surface area contributed by atoms with Crippen LogP contribution in [0.25, 0.3) is 11.4 Å². The molecule has 1 aromatic heterocycles. The zero-order valence-electron chi connectivity index (χ0n) is 17.1. The van der Waals surface area contributed by atoms with Crippen molar-refractivity contribution in [1.82, 2.24) is 19.8 Å². The van der Waals surface area contributed by atoms with Crippen LogP contribution in [0.2, 0.25) is 5.02 Å². The van der Waals surface area contributed by atoms with E-state index in [4.69, 9.17) is 11.6 Å². The molecule has 31 heavy (non-hydrogen) atoms. The van der Waals surface area contributed by atoms with E-state index in [1.165, 1.54) is 24.6 Å². The van der Waals surface area contributed by atoms with E-state index in [2.05, 4.69) is 15.6 Å². The van der Waals surface area contributed by atoms with Gasteiger partial charge in [-0.15, -0.1) is 10.2 Å². The van der Waals surface area contributed by atoms with Crippen LogP contribution in [-0.4, -0.2) is 44.0 Å². The van der Waals surface area contributed by atoms with Gasteiger partial charge < -0.3 is 10.3 Å². The second-order valence-electron chi connectivity index (χ2n) is 7.94. The SMILES string of the molecule is O=C([C@H]1Sc2nnc(-c3ccccc3)n2N[C@@H]1c1ccc(Cl)cc1)N1CCCCCC1. The van der Waals surface area contributed by atoms with E-state index < -0.39 is 0 Å². The van der Waals surface area contributed by atoms with Gasteiger partial charge in [-0.3, -0.25) is 4.79 Å². The lowest BCUT2D eigenvalue weighted by molar-refractivity contribution is -0.131. The van der Waals surface area contributed by atoms with Crippen molar-refractivity contribution in [1.29, 1.82) is 0 Å². The van der Waals surface area contributed by atoms with Crippen molar-refractivity contribution in [2.45, 2.75) is 42.1 Å². The monoisotopic (exact) mass is 453 g/mol. The minimum absolute atomic E-state index is 0.162. The van der Waals surface area contributed by atoms with Gasteiger partial charge in [-0.25, -0.2) is 4.68 Å². The smallest absolute Gasteiger partial charge is 0.238 e. The number of fused-ring (bicyclic) bond motifs is 1. The molecule has 3 aromatic rings. The summed E-state index contributed by atoms with van der Waals surface area (Å²) in [7, 11) is 0. The Kier molecular flexibility index (Phi) is 5.87. The first-order valence-electron chi connectivity index (χ1n) is 10.7. The summed E-state index contributed by atoms with van der Waals surface area (Å²) in [6, 6.07) is 17.5. The third kappa shape index (κ3) is 4.16. The summed E-state index contributed by atoms with van der Waals surface area (Å²) in [4.78, 5) is 15.7. The van der Waals surface area contributed by atoms with Gasteiger partial charge in [0.15, 0.2) is 5.82 Å². The Hall–Kier alpha value is -2.51. The molecule has 5 rings (SSSR count). The molecule has 0 bridgehead atoms. The Balaban J connectivity index is 1.52. The van der Waals surface area contributed by atoms with E-state index in [-0.39, 0.29) is 17.2 Å². The molecule has 2 aromatic carbocycles.